The van der Waals surface area contributed by atoms with E-state index in [9.17, 15) is 22.4 Å². The number of fused-ring (bicyclic) bond motifs is 1. The van der Waals surface area contributed by atoms with Gasteiger partial charge in [0.2, 0.25) is 5.91 Å². The number of anilines is 1. The molecule has 130 valence electrons. The Kier molecular flexibility index (Phi) is 4.55. The molecule has 0 saturated carbocycles. The topological polar surface area (TPSA) is 56.2 Å². The fourth-order valence-corrected chi connectivity index (χ4v) is 2.25. The number of benzene rings is 2. The van der Waals surface area contributed by atoms with Crippen molar-refractivity contribution in [3.63, 3.8) is 0 Å². The van der Waals surface area contributed by atoms with Crippen molar-refractivity contribution < 1.29 is 27.1 Å². The van der Waals surface area contributed by atoms with E-state index in [1.807, 2.05) is 0 Å². The molecule has 1 amide bonds. The summed E-state index contributed by atoms with van der Waals surface area (Å²) in [5.74, 6) is -2.55. The molecule has 2 aromatic carbocycles. The number of halogens is 4. The lowest BCUT2D eigenvalue weighted by Gasteiger charge is -2.08. The smallest absolute Gasteiger partial charge is 0.387 e. The second-order valence-corrected chi connectivity index (χ2v) is 5.08. The summed E-state index contributed by atoms with van der Waals surface area (Å²) < 4.78 is 56.2. The Balaban J connectivity index is 1.69. The van der Waals surface area contributed by atoms with E-state index < -0.39 is 24.2 Å². The van der Waals surface area contributed by atoms with E-state index in [0.717, 1.165) is 12.1 Å². The van der Waals surface area contributed by atoms with Crippen LogP contribution in [0.5, 0.6) is 5.75 Å². The van der Waals surface area contributed by atoms with Crippen LogP contribution in [0.3, 0.4) is 0 Å². The van der Waals surface area contributed by atoms with E-state index in [-0.39, 0.29) is 23.3 Å². The molecular formula is C16H11F4N3O2. The van der Waals surface area contributed by atoms with Gasteiger partial charge in [-0.3, -0.25) is 4.79 Å². The van der Waals surface area contributed by atoms with Gasteiger partial charge in [-0.25, -0.2) is 13.8 Å². The molecule has 0 aliphatic heterocycles. The molecule has 0 spiro atoms. The van der Waals surface area contributed by atoms with Crippen LogP contribution in [0.15, 0.2) is 42.7 Å². The van der Waals surface area contributed by atoms with Gasteiger partial charge in [0.25, 0.3) is 0 Å². The zero-order valence-corrected chi connectivity index (χ0v) is 12.5. The first-order chi connectivity index (χ1) is 11.9. The molecule has 0 fully saturated rings. The maximum atomic E-state index is 13.3. The molecule has 0 aliphatic rings. The predicted molar refractivity (Wildman–Crippen MR) is 81.4 cm³/mol. The Morgan fingerprint density at radius 1 is 1.16 bits per heavy atom. The molecular weight excluding hydrogens is 342 g/mol. The fourth-order valence-electron chi connectivity index (χ4n) is 2.25. The van der Waals surface area contributed by atoms with Gasteiger partial charge in [-0.1, -0.05) is 0 Å². The number of aromatic nitrogens is 2. The summed E-state index contributed by atoms with van der Waals surface area (Å²) in [4.78, 5) is 16.0. The zero-order chi connectivity index (χ0) is 18.0. The lowest BCUT2D eigenvalue weighted by molar-refractivity contribution is -0.116. The summed E-state index contributed by atoms with van der Waals surface area (Å²) in [5, 5.41) is 2.55. The number of carbonyl (C=O) groups excluding carboxylic acids is 1. The number of hydrogen-bond acceptors (Lipinski definition) is 3. The van der Waals surface area contributed by atoms with Gasteiger partial charge in [-0.05, 0) is 24.3 Å². The van der Waals surface area contributed by atoms with E-state index in [1.54, 1.807) is 0 Å². The number of nitrogens with one attached hydrogen (secondary N) is 1. The molecule has 3 rings (SSSR count). The summed E-state index contributed by atoms with van der Waals surface area (Å²) in [6, 6.07) is 7.27. The van der Waals surface area contributed by atoms with Crippen molar-refractivity contribution >= 4 is 22.6 Å². The molecule has 0 radical (unpaired) electrons. The van der Waals surface area contributed by atoms with Gasteiger partial charge in [-0.2, -0.15) is 8.78 Å². The second-order valence-electron chi connectivity index (χ2n) is 5.08. The summed E-state index contributed by atoms with van der Waals surface area (Å²) in [5.41, 5.74) is 0.864. The minimum atomic E-state index is -2.93. The van der Waals surface area contributed by atoms with Gasteiger partial charge >= 0.3 is 6.61 Å². The highest BCUT2D eigenvalue weighted by molar-refractivity contribution is 5.91. The van der Waals surface area contributed by atoms with Crippen LogP contribution in [0.2, 0.25) is 0 Å². The number of rotatable bonds is 5. The molecule has 1 aromatic heterocycles. The number of imidazole rings is 1. The van der Waals surface area contributed by atoms with E-state index in [0.29, 0.717) is 5.69 Å². The normalized spacial score (nSPS) is 11.1. The average Bonchev–Trinajstić information content (AvgIpc) is 2.91. The number of carbonyl (C=O) groups is 1. The van der Waals surface area contributed by atoms with E-state index >= 15 is 0 Å². The highest BCUT2D eigenvalue weighted by Crippen LogP contribution is 2.19. The van der Waals surface area contributed by atoms with Crippen LogP contribution >= 0.6 is 0 Å². The first-order valence-corrected chi connectivity index (χ1v) is 7.07. The third kappa shape index (κ3) is 3.87. The molecule has 1 heterocycles. The molecule has 25 heavy (non-hydrogen) atoms. The highest BCUT2D eigenvalue weighted by atomic mass is 19.3. The summed E-state index contributed by atoms with van der Waals surface area (Å²) in [6.07, 6.45) is 1.29. The lowest BCUT2D eigenvalue weighted by Crippen LogP contribution is -2.18. The van der Waals surface area contributed by atoms with Gasteiger partial charge in [-0.15, -0.1) is 0 Å². The molecule has 5 nitrogen and oxygen atoms in total. The second kappa shape index (κ2) is 6.80. The molecule has 0 bridgehead atoms. The monoisotopic (exact) mass is 353 g/mol. The average molecular weight is 353 g/mol. The Morgan fingerprint density at radius 3 is 2.52 bits per heavy atom. The molecule has 3 aromatic rings. The fraction of sp³-hybridized carbons (Fsp3) is 0.125. The number of hydrogen-bond donors (Lipinski definition) is 1. The van der Waals surface area contributed by atoms with Gasteiger partial charge in [0.05, 0.1) is 17.4 Å². The van der Waals surface area contributed by atoms with Crippen LogP contribution < -0.4 is 10.1 Å². The largest absolute Gasteiger partial charge is 0.435 e. The van der Waals surface area contributed by atoms with Crippen molar-refractivity contribution in [2.75, 3.05) is 5.32 Å². The van der Waals surface area contributed by atoms with Crippen molar-refractivity contribution in [1.82, 2.24) is 9.55 Å². The Bertz CT molecular complexity index is 910. The minimum Gasteiger partial charge on any atom is -0.435 e. The van der Waals surface area contributed by atoms with E-state index in [1.165, 1.54) is 35.2 Å². The molecule has 0 atom stereocenters. The Labute approximate surface area is 138 Å². The van der Waals surface area contributed by atoms with Gasteiger partial charge < -0.3 is 14.6 Å². The van der Waals surface area contributed by atoms with Crippen LogP contribution in [0, 0.1) is 11.6 Å². The number of amides is 1. The van der Waals surface area contributed by atoms with Crippen molar-refractivity contribution in [2.45, 2.75) is 13.2 Å². The van der Waals surface area contributed by atoms with Crippen molar-refractivity contribution in [3.8, 4) is 5.75 Å². The molecule has 1 N–H and O–H groups in total. The van der Waals surface area contributed by atoms with Gasteiger partial charge in [0.1, 0.15) is 12.3 Å². The maximum absolute atomic E-state index is 13.3. The van der Waals surface area contributed by atoms with Crippen molar-refractivity contribution in [3.05, 3.63) is 54.4 Å². The first kappa shape index (κ1) is 16.7. The maximum Gasteiger partial charge on any atom is 0.387 e. The third-order valence-corrected chi connectivity index (χ3v) is 3.34. The number of nitrogens with zero attached hydrogens (tertiary/aromatic N) is 2. The zero-order valence-electron chi connectivity index (χ0n) is 12.5. The van der Waals surface area contributed by atoms with Crippen LogP contribution in [0.25, 0.3) is 11.0 Å². The predicted octanol–water partition coefficient (Wildman–Crippen LogP) is 3.55. The lowest BCUT2D eigenvalue weighted by atomic mass is 10.3. The van der Waals surface area contributed by atoms with Crippen LogP contribution in [-0.4, -0.2) is 22.1 Å². The Hall–Kier alpha value is -3.10. The van der Waals surface area contributed by atoms with E-state index in [4.69, 9.17) is 0 Å². The molecule has 9 heteroatoms. The summed E-state index contributed by atoms with van der Waals surface area (Å²) >= 11 is 0. The summed E-state index contributed by atoms with van der Waals surface area (Å²) in [7, 11) is 0. The molecule has 0 aliphatic carbocycles. The van der Waals surface area contributed by atoms with Crippen LogP contribution in [0.4, 0.5) is 23.2 Å². The molecule has 0 unspecified atom stereocenters. The van der Waals surface area contributed by atoms with Crippen molar-refractivity contribution in [1.29, 1.82) is 0 Å². The quantitative estimate of drug-likeness (QED) is 0.714. The van der Waals surface area contributed by atoms with Crippen LogP contribution in [0.1, 0.15) is 0 Å². The van der Waals surface area contributed by atoms with Crippen LogP contribution in [-0.2, 0) is 11.3 Å². The minimum absolute atomic E-state index is 0.0360. The summed E-state index contributed by atoms with van der Waals surface area (Å²) in [6.45, 7) is -3.11. The number of alkyl halides is 2. The van der Waals surface area contributed by atoms with E-state index in [2.05, 4.69) is 15.0 Å². The standard InChI is InChI=1S/C16H11F4N3O2/c17-11-5-13-14(6-12(11)18)23(8-21-13)7-15(24)22-9-1-3-10(4-2-9)25-16(19)20/h1-6,8,16H,7H2,(H,22,24). The first-order valence-electron chi connectivity index (χ1n) is 7.07. The number of ether oxygens (including phenoxy) is 1. The van der Waals surface area contributed by atoms with Gasteiger partial charge in [0, 0.05) is 17.8 Å². The SMILES string of the molecule is O=C(Cn1cnc2cc(F)c(F)cc21)Nc1ccc(OC(F)F)cc1. The Morgan fingerprint density at radius 2 is 1.84 bits per heavy atom. The molecule has 0 saturated heterocycles. The van der Waals surface area contributed by atoms with Crippen molar-refractivity contribution in [2.24, 2.45) is 0 Å². The third-order valence-electron chi connectivity index (χ3n) is 3.34. The highest BCUT2D eigenvalue weighted by Gasteiger charge is 2.12. The van der Waals surface area contributed by atoms with Gasteiger partial charge in [0.15, 0.2) is 11.6 Å².